The number of carbonyl (C=O) groups is 2. The molecule has 1 unspecified atom stereocenters. The van der Waals surface area contributed by atoms with Crippen molar-refractivity contribution in [1.82, 2.24) is 10.2 Å². The summed E-state index contributed by atoms with van der Waals surface area (Å²) in [4.78, 5) is 25.2. The lowest BCUT2D eigenvalue weighted by molar-refractivity contribution is -0.146. The number of unbranched alkanes of at least 4 members (excludes halogenated alkanes) is 1. The Balaban J connectivity index is 0. The van der Waals surface area contributed by atoms with Crippen molar-refractivity contribution in [3.8, 4) is 0 Å². The molecule has 2 amide bonds. The van der Waals surface area contributed by atoms with Crippen molar-refractivity contribution in [2.75, 3.05) is 27.3 Å². The summed E-state index contributed by atoms with van der Waals surface area (Å²) in [5.41, 5.74) is 5.80. The van der Waals surface area contributed by atoms with Crippen molar-refractivity contribution in [3.63, 3.8) is 0 Å². The van der Waals surface area contributed by atoms with Crippen molar-refractivity contribution >= 4 is 24.2 Å². The molecule has 8 heteroatoms. The minimum atomic E-state index is -1.28. The number of nitrogens with two attached hydrogens (primary N) is 1. The Morgan fingerprint density at radius 1 is 1.41 bits per heavy atom. The number of aliphatic hydroxyl groups excluding tert-OH is 1. The number of aliphatic hydroxyl groups is 1. The van der Waals surface area contributed by atoms with Crippen molar-refractivity contribution in [2.24, 2.45) is 5.73 Å². The predicted octanol–water partition coefficient (Wildman–Crippen LogP) is -0.104. The number of rotatable bonds is 10. The minimum absolute atomic E-state index is 0. The highest BCUT2D eigenvalue weighted by Gasteiger charge is 2.30. The van der Waals surface area contributed by atoms with Crippen LogP contribution in [0.3, 0.4) is 0 Å². The predicted molar refractivity (Wildman–Crippen MR) is 87.9 cm³/mol. The van der Waals surface area contributed by atoms with E-state index < -0.39 is 24.1 Å². The van der Waals surface area contributed by atoms with Gasteiger partial charge in [0.1, 0.15) is 12.1 Å². The molecule has 0 aromatic rings. The monoisotopic (exact) mass is 339 g/mol. The van der Waals surface area contributed by atoms with Crippen molar-refractivity contribution in [1.29, 1.82) is 0 Å². The van der Waals surface area contributed by atoms with E-state index in [-0.39, 0.29) is 18.3 Å². The van der Waals surface area contributed by atoms with Gasteiger partial charge in [-0.3, -0.25) is 9.59 Å². The molecule has 0 saturated heterocycles. The van der Waals surface area contributed by atoms with E-state index in [1.807, 2.05) is 6.92 Å². The van der Waals surface area contributed by atoms with Gasteiger partial charge >= 0.3 is 0 Å². The van der Waals surface area contributed by atoms with E-state index in [4.69, 9.17) is 10.5 Å². The fourth-order valence-corrected chi connectivity index (χ4v) is 1.78. The van der Waals surface area contributed by atoms with Gasteiger partial charge in [-0.25, -0.2) is 0 Å². The Morgan fingerprint density at radius 2 is 2.00 bits per heavy atom. The Labute approximate surface area is 139 Å². The molecular weight excluding hydrogens is 310 g/mol. The summed E-state index contributed by atoms with van der Waals surface area (Å²) in [6.07, 6.45) is 1.09. The van der Waals surface area contributed by atoms with Gasteiger partial charge in [0.15, 0.2) is 0 Å². The van der Waals surface area contributed by atoms with Gasteiger partial charge < -0.3 is 25.8 Å². The summed E-state index contributed by atoms with van der Waals surface area (Å²) >= 11 is 0. The van der Waals surface area contributed by atoms with Gasteiger partial charge in [0.25, 0.3) is 5.91 Å². The van der Waals surface area contributed by atoms with Gasteiger partial charge in [0.05, 0.1) is 6.61 Å². The smallest absolute Gasteiger partial charge is 0.253 e. The molecule has 4 N–H and O–H groups in total. The molecule has 0 aromatic heterocycles. The second-order valence-electron chi connectivity index (χ2n) is 5.16. The highest BCUT2D eigenvalue weighted by molar-refractivity contribution is 5.89. The zero-order chi connectivity index (χ0) is 16.4. The van der Waals surface area contributed by atoms with Gasteiger partial charge in [-0.05, 0) is 13.3 Å². The third kappa shape index (κ3) is 7.93. The van der Waals surface area contributed by atoms with Gasteiger partial charge in [-0.1, -0.05) is 19.8 Å². The van der Waals surface area contributed by atoms with Crippen LogP contribution in [0.25, 0.3) is 0 Å². The molecule has 3 atom stereocenters. The molecule has 0 fully saturated rings. The molecule has 0 heterocycles. The average Bonchev–Trinajstić information content (AvgIpc) is 2.49. The fourth-order valence-electron chi connectivity index (χ4n) is 1.78. The first-order chi connectivity index (χ1) is 9.86. The van der Waals surface area contributed by atoms with Gasteiger partial charge in [-0.2, -0.15) is 0 Å². The van der Waals surface area contributed by atoms with Crippen LogP contribution in [-0.4, -0.2) is 67.3 Å². The van der Waals surface area contributed by atoms with E-state index >= 15 is 0 Å². The van der Waals surface area contributed by atoms with E-state index in [2.05, 4.69) is 5.32 Å². The number of methoxy groups -OCH3 is 1. The SMILES string of the molecule is CCCC[C@@H](N)C(O)C(=O)N(C)[C@@H](C)C(=O)NCCOC.Cl. The summed E-state index contributed by atoms with van der Waals surface area (Å²) < 4.78 is 4.84. The van der Waals surface area contributed by atoms with Crippen LogP contribution in [0.5, 0.6) is 0 Å². The quantitative estimate of drug-likeness (QED) is 0.482. The van der Waals surface area contributed by atoms with Crippen molar-refractivity contribution < 1.29 is 19.4 Å². The molecule has 0 spiro atoms. The number of ether oxygens (including phenoxy) is 1. The summed E-state index contributed by atoms with van der Waals surface area (Å²) in [6, 6.07) is -1.29. The molecule has 0 aliphatic rings. The molecule has 0 aliphatic heterocycles. The molecular formula is C14H30ClN3O4. The maximum Gasteiger partial charge on any atom is 0.253 e. The zero-order valence-corrected chi connectivity index (χ0v) is 14.7. The summed E-state index contributed by atoms with van der Waals surface area (Å²) in [5, 5.41) is 12.6. The normalized spacial score (nSPS) is 14.5. The number of nitrogens with zero attached hydrogens (tertiary/aromatic N) is 1. The van der Waals surface area contributed by atoms with E-state index in [1.54, 1.807) is 14.0 Å². The van der Waals surface area contributed by atoms with Gasteiger partial charge in [-0.15, -0.1) is 12.4 Å². The number of nitrogens with one attached hydrogen (secondary N) is 1. The summed E-state index contributed by atoms with van der Waals surface area (Å²) in [7, 11) is 3.03. The Bertz CT molecular complexity index is 331. The van der Waals surface area contributed by atoms with E-state index in [9.17, 15) is 14.7 Å². The number of carbonyl (C=O) groups excluding carboxylic acids is 2. The number of halogens is 1. The van der Waals surface area contributed by atoms with E-state index in [0.29, 0.717) is 19.6 Å². The van der Waals surface area contributed by atoms with E-state index in [0.717, 1.165) is 12.8 Å². The molecule has 132 valence electrons. The maximum atomic E-state index is 12.1. The Kier molecular flexibility index (Phi) is 13.4. The lowest BCUT2D eigenvalue weighted by Crippen LogP contribution is -2.53. The first-order valence-electron chi connectivity index (χ1n) is 7.33. The summed E-state index contributed by atoms with van der Waals surface area (Å²) in [5.74, 6) is -0.828. The van der Waals surface area contributed by atoms with Crippen LogP contribution in [0.15, 0.2) is 0 Å². The van der Waals surface area contributed by atoms with Gasteiger partial charge in [0, 0.05) is 26.7 Å². The lowest BCUT2D eigenvalue weighted by Gasteiger charge is -2.28. The number of hydrogen-bond donors (Lipinski definition) is 3. The highest BCUT2D eigenvalue weighted by atomic mass is 35.5. The first-order valence-corrected chi connectivity index (χ1v) is 7.33. The van der Waals surface area contributed by atoms with Crippen LogP contribution in [0.2, 0.25) is 0 Å². The molecule has 22 heavy (non-hydrogen) atoms. The zero-order valence-electron chi connectivity index (χ0n) is 13.9. The van der Waals surface area contributed by atoms with Crippen LogP contribution in [0.1, 0.15) is 33.1 Å². The topological polar surface area (TPSA) is 105 Å². The highest BCUT2D eigenvalue weighted by Crippen LogP contribution is 2.07. The fraction of sp³-hybridized carbons (Fsp3) is 0.857. The largest absolute Gasteiger partial charge is 0.383 e. The number of hydrogen-bond acceptors (Lipinski definition) is 5. The van der Waals surface area contributed by atoms with Crippen LogP contribution < -0.4 is 11.1 Å². The number of amides is 2. The number of likely N-dealkylation sites (N-methyl/N-ethyl adjacent to an activating group) is 1. The molecule has 0 bridgehead atoms. The molecule has 0 aliphatic carbocycles. The first kappa shape index (κ1) is 23.4. The maximum absolute atomic E-state index is 12.1. The molecule has 0 radical (unpaired) electrons. The molecule has 0 saturated carbocycles. The molecule has 0 aromatic carbocycles. The lowest BCUT2D eigenvalue weighted by atomic mass is 10.0. The molecule has 7 nitrogen and oxygen atoms in total. The third-order valence-corrected chi connectivity index (χ3v) is 3.46. The third-order valence-electron chi connectivity index (χ3n) is 3.46. The second kappa shape index (κ2) is 12.6. The Morgan fingerprint density at radius 3 is 2.50 bits per heavy atom. The van der Waals surface area contributed by atoms with Crippen LogP contribution in [0, 0.1) is 0 Å². The van der Waals surface area contributed by atoms with Crippen LogP contribution in [0.4, 0.5) is 0 Å². The standard InChI is InChI=1S/C14H29N3O4.ClH/c1-5-6-7-11(15)12(18)14(20)17(3)10(2)13(19)16-8-9-21-4;/h10-12,18H,5-9,15H2,1-4H3,(H,16,19);1H/t10-,11+,12?;/m0./s1. The van der Waals surface area contributed by atoms with E-state index in [1.165, 1.54) is 11.9 Å². The summed E-state index contributed by atoms with van der Waals surface area (Å²) in [6.45, 7) is 4.39. The van der Waals surface area contributed by atoms with Crippen molar-refractivity contribution in [3.05, 3.63) is 0 Å². The Hall–Kier alpha value is -0.890. The minimum Gasteiger partial charge on any atom is -0.383 e. The van der Waals surface area contributed by atoms with Gasteiger partial charge in [0.2, 0.25) is 5.91 Å². The average molecular weight is 340 g/mol. The van der Waals surface area contributed by atoms with Crippen molar-refractivity contribution in [2.45, 2.75) is 51.3 Å². The van der Waals surface area contributed by atoms with Crippen LogP contribution >= 0.6 is 12.4 Å². The second-order valence-corrected chi connectivity index (χ2v) is 5.16. The van der Waals surface area contributed by atoms with Crippen LogP contribution in [-0.2, 0) is 14.3 Å². The molecule has 0 rings (SSSR count).